The molecule has 0 radical (unpaired) electrons. The molecule has 9 N–H and O–H groups in total. The zero-order chi connectivity index (χ0) is 51.1. The van der Waals surface area contributed by atoms with Gasteiger partial charge < -0.3 is 52.3 Å². The molecule has 1 saturated heterocycles. The lowest BCUT2D eigenvalue weighted by Gasteiger charge is -2.32. The fraction of sp³-hybridized carbons (Fsp3) is 0.652. The van der Waals surface area contributed by atoms with E-state index in [1.807, 2.05) is 12.5 Å². The van der Waals surface area contributed by atoms with Gasteiger partial charge in [-0.05, 0) is 86.9 Å². The highest BCUT2D eigenvalue weighted by atomic mass is 32.2. The molecule has 0 aromatic heterocycles. The normalized spacial score (nSPS) is 16.9. The Hall–Kier alpha value is -5.38. The van der Waals surface area contributed by atoms with E-state index < -0.39 is 126 Å². The summed E-state index contributed by atoms with van der Waals surface area (Å²) in [7, 11) is 0. The summed E-state index contributed by atoms with van der Waals surface area (Å²) in [5, 5.41) is 37.6. The van der Waals surface area contributed by atoms with Crippen LogP contribution in [0.15, 0.2) is 30.3 Å². The van der Waals surface area contributed by atoms with Gasteiger partial charge in [0.2, 0.25) is 47.3 Å². The molecule has 0 unspecified atom stereocenters. The van der Waals surface area contributed by atoms with Crippen molar-refractivity contribution in [1.29, 1.82) is 0 Å². The Morgan fingerprint density at radius 1 is 0.676 bits per heavy atom. The second kappa shape index (κ2) is 30.2. The number of benzene rings is 1. The molecule has 1 aromatic carbocycles. The lowest BCUT2D eigenvalue weighted by molar-refractivity contribution is -0.145. The summed E-state index contributed by atoms with van der Waals surface area (Å²) in [6.45, 7) is 9.95. The predicted octanol–water partition coefficient (Wildman–Crippen LogP) is 1.20. The molecule has 380 valence electrons. The number of carbonyl (C=O) groups excluding carboxylic acids is 8. The van der Waals surface area contributed by atoms with E-state index in [1.165, 1.54) is 42.3 Å². The van der Waals surface area contributed by atoms with Crippen LogP contribution in [0.2, 0.25) is 0 Å². The van der Waals surface area contributed by atoms with Crippen molar-refractivity contribution in [3.63, 3.8) is 0 Å². The summed E-state index contributed by atoms with van der Waals surface area (Å²) in [5.41, 5.74) is 0.692. The van der Waals surface area contributed by atoms with E-state index >= 15 is 0 Å². The summed E-state index contributed by atoms with van der Waals surface area (Å²) in [6.07, 6.45) is 4.46. The zero-order valence-corrected chi connectivity index (χ0v) is 42.0. The van der Waals surface area contributed by atoms with E-state index in [-0.39, 0.29) is 44.6 Å². The average molecular weight is 993 g/mol. The minimum absolute atomic E-state index is 0.0243. The first-order valence-corrected chi connectivity index (χ1v) is 25.8. The fourth-order valence-corrected chi connectivity index (χ4v) is 8.39. The maximum atomic E-state index is 14.1. The van der Waals surface area contributed by atoms with Gasteiger partial charge in [0.15, 0.2) is 0 Å². The third kappa shape index (κ3) is 20.1. The largest absolute Gasteiger partial charge is 0.481 e. The fourth-order valence-electron chi connectivity index (χ4n) is 7.45. The van der Waals surface area contributed by atoms with E-state index in [2.05, 4.69) is 37.2 Å². The second-order valence-electron chi connectivity index (χ2n) is 17.4. The Morgan fingerprint density at radius 3 is 1.78 bits per heavy atom. The molecule has 0 spiro atoms. The third-order valence-electron chi connectivity index (χ3n) is 11.4. The van der Waals surface area contributed by atoms with Crippen LogP contribution in [-0.2, 0) is 54.4 Å². The number of amides is 8. The number of likely N-dealkylation sites (tertiary alicyclic amines) is 1. The second-order valence-corrected chi connectivity index (χ2v) is 19.4. The molecule has 0 saturated carbocycles. The van der Waals surface area contributed by atoms with Crippen molar-refractivity contribution in [2.45, 2.75) is 148 Å². The van der Waals surface area contributed by atoms with Crippen LogP contribution in [0.3, 0.4) is 0 Å². The minimum Gasteiger partial charge on any atom is -0.481 e. The van der Waals surface area contributed by atoms with Gasteiger partial charge in [-0.15, -0.1) is 0 Å². The Bertz CT molecular complexity index is 1890. The molecular weight excluding hydrogens is 921 g/mol. The van der Waals surface area contributed by atoms with Gasteiger partial charge in [-0.3, -0.25) is 43.2 Å². The smallest absolute Gasteiger partial charge is 0.326 e. The summed E-state index contributed by atoms with van der Waals surface area (Å²) >= 11 is 2.90. The molecule has 1 heterocycles. The summed E-state index contributed by atoms with van der Waals surface area (Å²) in [5.74, 6) is -7.53. The first-order valence-electron chi connectivity index (χ1n) is 23.0. The highest BCUT2D eigenvalue weighted by molar-refractivity contribution is 7.98. The van der Waals surface area contributed by atoms with Crippen molar-refractivity contribution in [2.24, 2.45) is 11.8 Å². The number of carboxylic acid groups (broad SMARTS) is 2. The summed E-state index contributed by atoms with van der Waals surface area (Å²) in [6, 6.07) is -0.658. The van der Waals surface area contributed by atoms with Crippen LogP contribution >= 0.6 is 23.5 Å². The molecule has 20 nitrogen and oxygen atoms in total. The molecule has 1 aromatic rings. The van der Waals surface area contributed by atoms with Gasteiger partial charge in [-0.25, -0.2) is 4.79 Å². The minimum atomic E-state index is -1.50. The Kier molecular flexibility index (Phi) is 26.1. The third-order valence-corrected chi connectivity index (χ3v) is 12.7. The first-order chi connectivity index (χ1) is 32.1. The van der Waals surface area contributed by atoms with Crippen LogP contribution in [0.25, 0.3) is 0 Å². The van der Waals surface area contributed by atoms with Crippen molar-refractivity contribution >= 4 is 82.7 Å². The maximum Gasteiger partial charge on any atom is 0.326 e. The zero-order valence-electron chi connectivity index (χ0n) is 40.4. The van der Waals surface area contributed by atoms with Crippen LogP contribution in [0, 0.1) is 11.8 Å². The maximum absolute atomic E-state index is 14.1. The Balaban J connectivity index is 2.31. The number of carbonyl (C=O) groups is 10. The SMILES string of the molecule is CC[C@@H](C)[C@@H](NC(=O)[C@@H](C)NC(=O)[C@@H](CCC(=O)O)NC(=O)[C@@H](CC(C)C)NC(=O)[C@@H](Cc1ccccc1)NC(=O)[C@@H](CCSC)NC(C)=O)C(=O)N1CCC[C@H]1C(=O)N[C@@H](CCSC)C(=O)O. The molecular formula is C46H72N8O12S2. The predicted molar refractivity (Wildman–Crippen MR) is 259 cm³/mol. The van der Waals surface area contributed by atoms with E-state index in [4.69, 9.17) is 0 Å². The Morgan fingerprint density at radius 2 is 1.22 bits per heavy atom. The van der Waals surface area contributed by atoms with Crippen LogP contribution in [0.4, 0.5) is 0 Å². The number of nitrogens with one attached hydrogen (secondary N) is 7. The van der Waals surface area contributed by atoms with Crippen molar-refractivity contribution in [3.8, 4) is 0 Å². The van der Waals surface area contributed by atoms with Gasteiger partial charge >= 0.3 is 11.9 Å². The molecule has 0 bridgehead atoms. The summed E-state index contributed by atoms with van der Waals surface area (Å²) in [4.78, 5) is 133. The van der Waals surface area contributed by atoms with Gasteiger partial charge in [0.05, 0.1) is 0 Å². The van der Waals surface area contributed by atoms with Gasteiger partial charge in [0.25, 0.3) is 0 Å². The highest BCUT2D eigenvalue weighted by Crippen LogP contribution is 2.22. The molecule has 1 fully saturated rings. The van der Waals surface area contributed by atoms with E-state index in [1.54, 1.807) is 58.0 Å². The monoisotopic (exact) mass is 992 g/mol. The molecule has 1 aliphatic heterocycles. The lowest BCUT2D eigenvalue weighted by Crippen LogP contribution is -2.60. The van der Waals surface area contributed by atoms with Crippen LogP contribution in [-0.4, -0.2) is 153 Å². The number of hydrogen-bond donors (Lipinski definition) is 9. The van der Waals surface area contributed by atoms with E-state index in [9.17, 15) is 58.2 Å². The van der Waals surface area contributed by atoms with Gasteiger partial charge in [0, 0.05) is 26.3 Å². The number of nitrogens with zero attached hydrogens (tertiary/aromatic N) is 1. The average Bonchev–Trinajstić information content (AvgIpc) is 3.79. The highest BCUT2D eigenvalue weighted by Gasteiger charge is 2.41. The number of aliphatic carboxylic acids is 2. The van der Waals surface area contributed by atoms with Crippen molar-refractivity contribution in [1.82, 2.24) is 42.1 Å². The molecule has 22 heteroatoms. The number of hydrogen-bond acceptors (Lipinski definition) is 12. The molecule has 9 atom stereocenters. The molecule has 2 rings (SSSR count). The van der Waals surface area contributed by atoms with Gasteiger partial charge in [-0.1, -0.05) is 64.4 Å². The number of carboxylic acids is 2. The lowest BCUT2D eigenvalue weighted by atomic mass is 9.97. The van der Waals surface area contributed by atoms with E-state index in [0.717, 1.165) is 0 Å². The standard InChI is InChI=1S/C46H72N8O12S2/c1-9-27(4)38(45(64)54-21-13-16-36(54)44(63)50-33(46(65)66)20-23-68-8)53-39(58)28(5)47-40(59)31(17-18-37(56)57)49-42(61)34(24-26(2)3)51-43(62)35(25-30-14-11-10-12-15-30)52-41(60)32(19-22-67-7)48-29(6)55/h10-12,14-15,26-28,31-36,38H,9,13,16-25H2,1-8H3,(H,47,59)(H,48,55)(H,49,61)(H,50,63)(H,51,62)(H,52,60)(H,53,58)(H,56,57)(H,65,66)/t27-,28-,31-,32-,33+,34-,35-,36+,38-/m1/s1. The molecule has 1 aliphatic rings. The topological polar surface area (TPSA) is 299 Å². The first kappa shape index (κ1) is 58.7. The van der Waals surface area contributed by atoms with Crippen molar-refractivity contribution in [2.75, 3.05) is 30.6 Å². The molecule has 0 aliphatic carbocycles. The van der Waals surface area contributed by atoms with Gasteiger partial charge in [0.1, 0.15) is 48.3 Å². The Labute approximate surface area is 407 Å². The quantitative estimate of drug-likeness (QED) is 0.0524. The van der Waals surface area contributed by atoms with Gasteiger partial charge in [-0.2, -0.15) is 23.5 Å². The van der Waals surface area contributed by atoms with Crippen molar-refractivity contribution in [3.05, 3.63) is 35.9 Å². The van der Waals surface area contributed by atoms with Crippen LogP contribution < -0.4 is 37.2 Å². The molecule has 8 amide bonds. The summed E-state index contributed by atoms with van der Waals surface area (Å²) < 4.78 is 0. The molecule has 68 heavy (non-hydrogen) atoms. The van der Waals surface area contributed by atoms with E-state index in [0.29, 0.717) is 29.9 Å². The number of rotatable bonds is 30. The van der Waals surface area contributed by atoms with Crippen molar-refractivity contribution < 1.29 is 58.2 Å². The number of thioether (sulfide) groups is 2. The van der Waals surface area contributed by atoms with Crippen LogP contribution in [0.5, 0.6) is 0 Å². The van der Waals surface area contributed by atoms with Crippen LogP contribution in [0.1, 0.15) is 98.5 Å².